The molecule has 1 rings (SSSR count). The largest absolute Gasteiger partial charge is 0.481 e. The molecule has 0 fully saturated rings. The highest BCUT2D eigenvalue weighted by Crippen LogP contribution is 2.11. The first-order valence-electron chi connectivity index (χ1n) is 3.61. The fraction of sp³-hybridized carbons (Fsp3) is 0.286. The molecule has 14 heavy (non-hydrogen) atoms. The van der Waals surface area contributed by atoms with Gasteiger partial charge in [0.1, 0.15) is 6.54 Å². The number of thiazole rings is 1. The van der Waals surface area contributed by atoms with Crippen LogP contribution in [0.1, 0.15) is 5.69 Å². The van der Waals surface area contributed by atoms with Crippen molar-refractivity contribution in [2.45, 2.75) is 13.0 Å². The standard InChI is InChI=1S/C7H7NO4S2/c9-5(10)1-4-3-14-7(13)8(4)2-6(11)12/h3H,1-2H2,(H,9,10)(H,11,12). The van der Waals surface area contributed by atoms with Crippen LogP contribution in [0.4, 0.5) is 0 Å². The second-order valence-electron chi connectivity index (χ2n) is 2.54. The van der Waals surface area contributed by atoms with Gasteiger partial charge in [-0.3, -0.25) is 9.59 Å². The molecule has 1 aromatic rings. The van der Waals surface area contributed by atoms with Crippen LogP contribution in [0, 0.1) is 3.95 Å². The molecule has 0 radical (unpaired) electrons. The Morgan fingerprint density at radius 1 is 1.43 bits per heavy atom. The Hall–Kier alpha value is -1.21. The highest BCUT2D eigenvalue weighted by molar-refractivity contribution is 7.73. The average molecular weight is 233 g/mol. The van der Waals surface area contributed by atoms with Crippen molar-refractivity contribution < 1.29 is 19.8 Å². The van der Waals surface area contributed by atoms with Crippen molar-refractivity contribution in [3.05, 3.63) is 15.0 Å². The van der Waals surface area contributed by atoms with Gasteiger partial charge in [0.25, 0.3) is 0 Å². The van der Waals surface area contributed by atoms with E-state index >= 15 is 0 Å². The van der Waals surface area contributed by atoms with Gasteiger partial charge in [-0.05, 0) is 12.2 Å². The molecule has 0 spiro atoms. The predicted molar refractivity (Wildman–Crippen MR) is 52.1 cm³/mol. The first kappa shape index (κ1) is 10.9. The zero-order chi connectivity index (χ0) is 10.7. The SMILES string of the molecule is O=C(O)Cc1csc(=S)n1CC(=O)O. The lowest BCUT2D eigenvalue weighted by atomic mass is 10.3. The van der Waals surface area contributed by atoms with Crippen LogP contribution >= 0.6 is 23.6 Å². The quantitative estimate of drug-likeness (QED) is 0.758. The van der Waals surface area contributed by atoms with E-state index < -0.39 is 11.9 Å². The lowest BCUT2D eigenvalue weighted by Crippen LogP contribution is -2.13. The number of carbonyl (C=O) groups is 2. The Labute approximate surface area is 88.2 Å². The molecule has 5 nitrogen and oxygen atoms in total. The number of aromatic nitrogens is 1. The molecule has 1 heterocycles. The lowest BCUT2D eigenvalue weighted by molar-refractivity contribution is -0.139. The van der Waals surface area contributed by atoms with Crippen LogP contribution in [0.3, 0.4) is 0 Å². The molecule has 0 unspecified atom stereocenters. The van der Waals surface area contributed by atoms with Crippen LogP contribution in [0.25, 0.3) is 0 Å². The summed E-state index contributed by atoms with van der Waals surface area (Å²) >= 11 is 6.04. The zero-order valence-electron chi connectivity index (χ0n) is 6.97. The van der Waals surface area contributed by atoms with Gasteiger partial charge in [0.2, 0.25) is 0 Å². The van der Waals surface area contributed by atoms with Crippen LogP contribution in [-0.2, 0) is 22.6 Å². The summed E-state index contributed by atoms with van der Waals surface area (Å²) in [6.07, 6.45) is -0.208. The summed E-state index contributed by atoms with van der Waals surface area (Å²) in [4.78, 5) is 20.9. The van der Waals surface area contributed by atoms with Crippen LogP contribution in [0.5, 0.6) is 0 Å². The van der Waals surface area contributed by atoms with Crippen molar-refractivity contribution in [2.24, 2.45) is 0 Å². The maximum atomic E-state index is 10.4. The molecule has 1 aromatic heterocycles. The summed E-state index contributed by atoms with van der Waals surface area (Å²) < 4.78 is 1.69. The molecule has 0 aliphatic heterocycles. The molecule has 0 aromatic carbocycles. The molecule has 0 aliphatic rings. The Balaban J connectivity index is 2.99. The molecule has 0 bridgehead atoms. The molecular formula is C7H7NO4S2. The topological polar surface area (TPSA) is 79.5 Å². The zero-order valence-corrected chi connectivity index (χ0v) is 8.60. The van der Waals surface area contributed by atoms with Crippen LogP contribution < -0.4 is 0 Å². The summed E-state index contributed by atoms with van der Waals surface area (Å²) in [5.41, 5.74) is 0.426. The predicted octanol–water partition coefficient (Wildman–Crippen LogP) is 0.991. The van der Waals surface area contributed by atoms with E-state index in [4.69, 9.17) is 22.4 Å². The van der Waals surface area contributed by atoms with E-state index in [0.717, 1.165) is 0 Å². The van der Waals surface area contributed by atoms with E-state index in [1.165, 1.54) is 15.9 Å². The fourth-order valence-corrected chi connectivity index (χ4v) is 2.04. The van der Waals surface area contributed by atoms with Gasteiger partial charge in [-0.2, -0.15) is 0 Å². The molecule has 2 N–H and O–H groups in total. The molecule has 76 valence electrons. The maximum absolute atomic E-state index is 10.4. The molecule has 0 aliphatic carbocycles. The van der Waals surface area contributed by atoms with Crippen LogP contribution in [-0.4, -0.2) is 26.7 Å². The van der Waals surface area contributed by atoms with E-state index in [-0.39, 0.29) is 13.0 Å². The summed E-state index contributed by atoms with van der Waals surface area (Å²) in [6.45, 7) is -0.287. The van der Waals surface area contributed by atoms with Crippen molar-refractivity contribution in [1.29, 1.82) is 0 Å². The Morgan fingerprint density at radius 2 is 2.07 bits per heavy atom. The normalized spacial score (nSPS) is 10.0. The Morgan fingerprint density at radius 3 is 2.57 bits per heavy atom. The van der Waals surface area contributed by atoms with Crippen molar-refractivity contribution in [2.75, 3.05) is 0 Å². The van der Waals surface area contributed by atoms with Gasteiger partial charge in [0.05, 0.1) is 6.42 Å². The molecule has 0 saturated carbocycles. The summed E-state index contributed by atoms with van der Waals surface area (Å²) in [5, 5.41) is 18.7. The molecular weight excluding hydrogens is 226 g/mol. The minimum atomic E-state index is -1.04. The van der Waals surface area contributed by atoms with Gasteiger partial charge in [-0.15, -0.1) is 11.3 Å². The van der Waals surface area contributed by atoms with E-state index in [0.29, 0.717) is 9.65 Å². The lowest BCUT2D eigenvalue weighted by Gasteiger charge is -2.02. The number of rotatable bonds is 4. The Kier molecular flexibility index (Phi) is 3.37. The van der Waals surface area contributed by atoms with Gasteiger partial charge in [0, 0.05) is 11.1 Å². The third-order valence-electron chi connectivity index (χ3n) is 1.49. The van der Waals surface area contributed by atoms with E-state index in [1.807, 2.05) is 0 Å². The Bertz CT molecular complexity index is 420. The maximum Gasteiger partial charge on any atom is 0.323 e. The minimum Gasteiger partial charge on any atom is -0.481 e. The van der Waals surface area contributed by atoms with E-state index in [9.17, 15) is 9.59 Å². The van der Waals surface area contributed by atoms with Crippen molar-refractivity contribution >= 4 is 35.5 Å². The van der Waals surface area contributed by atoms with Crippen molar-refractivity contribution in [1.82, 2.24) is 4.57 Å². The third kappa shape index (κ3) is 2.64. The first-order valence-corrected chi connectivity index (χ1v) is 4.90. The number of aliphatic carboxylic acids is 2. The number of carboxylic acid groups (broad SMARTS) is 2. The third-order valence-corrected chi connectivity index (χ3v) is 2.81. The van der Waals surface area contributed by atoms with Gasteiger partial charge < -0.3 is 14.8 Å². The van der Waals surface area contributed by atoms with Crippen molar-refractivity contribution in [3.8, 4) is 0 Å². The number of carboxylic acids is 2. The highest BCUT2D eigenvalue weighted by Gasteiger charge is 2.10. The molecule has 0 atom stereocenters. The summed E-state index contributed by atoms with van der Waals surface area (Å²) in [6, 6.07) is 0. The van der Waals surface area contributed by atoms with E-state index in [1.54, 1.807) is 5.38 Å². The summed E-state index contributed by atoms with van der Waals surface area (Å²) in [5.74, 6) is -2.04. The number of hydrogen-bond acceptors (Lipinski definition) is 4. The second-order valence-corrected chi connectivity index (χ2v) is 4.05. The minimum absolute atomic E-state index is 0.208. The fourth-order valence-electron chi connectivity index (χ4n) is 0.956. The van der Waals surface area contributed by atoms with Crippen LogP contribution in [0.2, 0.25) is 0 Å². The van der Waals surface area contributed by atoms with Gasteiger partial charge in [-0.25, -0.2) is 0 Å². The smallest absolute Gasteiger partial charge is 0.323 e. The first-order chi connectivity index (χ1) is 6.50. The van der Waals surface area contributed by atoms with Gasteiger partial charge >= 0.3 is 11.9 Å². The van der Waals surface area contributed by atoms with E-state index in [2.05, 4.69) is 0 Å². The van der Waals surface area contributed by atoms with Crippen LogP contribution in [0.15, 0.2) is 5.38 Å². The number of nitrogens with zero attached hydrogens (tertiary/aromatic N) is 1. The highest BCUT2D eigenvalue weighted by atomic mass is 32.1. The molecule has 0 saturated heterocycles. The monoisotopic (exact) mass is 233 g/mol. The average Bonchev–Trinajstić information content (AvgIpc) is 2.34. The van der Waals surface area contributed by atoms with Gasteiger partial charge in [0.15, 0.2) is 3.95 Å². The molecule has 7 heteroatoms. The molecule has 0 amide bonds. The second kappa shape index (κ2) is 4.34. The number of hydrogen-bond donors (Lipinski definition) is 2. The van der Waals surface area contributed by atoms with Crippen molar-refractivity contribution in [3.63, 3.8) is 0 Å². The van der Waals surface area contributed by atoms with Gasteiger partial charge in [-0.1, -0.05) is 0 Å². The summed E-state index contributed by atoms with van der Waals surface area (Å²) in [7, 11) is 0.